The van der Waals surface area contributed by atoms with Crippen LogP contribution in [0.15, 0.2) is 52.0 Å². The van der Waals surface area contributed by atoms with Crippen molar-refractivity contribution in [3.63, 3.8) is 0 Å². The number of thioether (sulfide) groups is 1. The van der Waals surface area contributed by atoms with Gasteiger partial charge in [0.25, 0.3) is 0 Å². The zero-order chi connectivity index (χ0) is 13.5. The van der Waals surface area contributed by atoms with Crippen molar-refractivity contribution in [1.29, 1.82) is 0 Å². The second-order valence-corrected chi connectivity index (χ2v) is 5.53. The van der Waals surface area contributed by atoms with E-state index in [0.29, 0.717) is 10.1 Å². The van der Waals surface area contributed by atoms with Gasteiger partial charge in [0.2, 0.25) is 0 Å². The zero-order valence-electron chi connectivity index (χ0n) is 10.5. The molecular formula is C14H14N2OS2. The number of nitrogens with zero attached hydrogens (tertiary/aromatic N) is 1. The first-order chi connectivity index (χ1) is 9.24. The molecule has 0 bridgehead atoms. The molecular weight excluding hydrogens is 276 g/mol. The van der Waals surface area contributed by atoms with Crippen molar-refractivity contribution in [1.82, 2.24) is 5.43 Å². The quantitative estimate of drug-likeness (QED) is 0.529. The maximum Gasteiger partial charge on any atom is 0.154 e. The van der Waals surface area contributed by atoms with E-state index in [4.69, 9.17) is 16.6 Å². The van der Waals surface area contributed by atoms with E-state index in [2.05, 4.69) is 22.7 Å². The fraction of sp³-hybridized carbons (Fsp3) is 0.143. The van der Waals surface area contributed by atoms with Gasteiger partial charge >= 0.3 is 0 Å². The molecule has 0 saturated heterocycles. The predicted molar refractivity (Wildman–Crippen MR) is 84.5 cm³/mol. The van der Waals surface area contributed by atoms with Crippen LogP contribution in [-0.4, -0.2) is 10.5 Å². The van der Waals surface area contributed by atoms with Gasteiger partial charge < -0.3 is 4.42 Å². The molecule has 1 N–H and O–H groups in total. The van der Waals surface area contributed by atoms with Crippen molar-refractivity contribution in [2.24, 2.45) is 5.10 Å². The Morgan fingerprint density at radius 1 is 1.32 bits per heavy atom. The van der Waals surface area contributed by atoms with Gasteiger partial charge in [-0.3, -0.25) is 5.43 Å². The van der Waals surface area contributed by atoms with E-state index >= 15 is 0 Å². The molecule has 0 unspecified atom stereocenters. The minimum atomic E-state index is 0.642. The molecule has 0 fully saturated rings. The highest BCUT2D eigenvalue weighted by Crippen LogP contribution is 2.12. The van der Waals surface area contributed by atoms with Gasteiger partial charge in [0, 0.05) is 5.75 Å². The third-order valence-corrected chi connectivity index (χ3v) is 3.60. The minimum absolute atomic E-state index is 0.642. The number of furan rings is 1. The van der Waals surface area contributed by atoms with Gasteiger partial charge in [0.1, 0.15) is 11.5 Å². The summed E-state index contributed by atoms with van der Waals surface area (Å²) in [6, 6.07) is 13.9. The number of nitrogens with one attached hydrogen (secondary N) is 1. The normalized spacial score (nSPS) is 10.8. The lowest BCUT2D eigenvalue weighted by molar-refractivity contribution is 0.527. The molecule has 0 amide bonds. The summed E-state index contributed by atoms with van der Waals surface area (Å²) in [5.41, 5.74) is 4.05. The first kappa shape index (κ1) is 13.8. The average Bonchev–Trinajstić information content (AvgIpc) is 2.83. The average molecular weight is 290 g/mol. The molecule has 5 heteroatoms. The van der Waals surface area contributed by atoms with Crippen LogP contribution in [0.25, 0.3) is 0 Å². The predicted octanol–water partition coefficient (Wildman–Crippen LogP) is 3.73. The molecule has 19 heavy (non-hydrogen) atoms. The van der Waals surface area contributed by atoms with Crippen LogP contribution >= 0.6 is 24.0 Å². The highest BCUT2D eigenvalue weighted by Gasteiger charge is 1.98. The lowest BCUT2D eigenvalue weighted by Gasteiger charge is -2.02. The first-order valence-electron chi connectivity index (χ1n) is 5.80. The summed E-state index contributed by atoms with van der Waals surface area (Å²) >= 11 is 6.73. The Hall–Kier alpha value is -1.59. The van der Waals surface area contributed by atoms with Crippen LogP contribution in [0.4, 0.5) is 0 Å². The van der Waals surface area contributed by atoms with Gasteiger partial charge in [-0.25, -0.2) is 0 Å². The lowest BCUT2D eigenvalue weighted by Crippen LogP contribution is -2.11. The second kappa shape index (κ2) is 7.11. The van der Waals surface area contributed by atoms with E-state index in [1.807, 2.05) is 37.3 Å². The molecule has 2 aromatic rings. The summed E-state index contributed by atoms with van der Waals surface area (Å²) in [7, 11) is 0. The zero-order valence-corrected chi connectivity index (χ0v) is 12.1. The Morgan fingerprint density at radius 2 is 2.11 bits per heavy atom. The fourth-order valence-corrected chi connectivity index (χ4v) is 2.26. The van der Waals surface area contributed by atoms with Crippen molar-refractivity contribution < 1.29 is 4.42 Å². The Bertz CT molecular complexity index is 564. The van der Waals surface area contributed by atoms with Crippen molar-refractivity contribution >= 4 is 34.5 Å². The molecule has 1 heterocycles. The topological polar surface area (TPSA) is 37.5 Å². The van der Waals surface area contributed by atoms with Crippen LogP contribution in [0.3, 0.4) is 0 Å². The van der Waals surface area contributed by atoms with E-state index in [0.717, 1.165) is 11.5 Å². The van der Waals surface area contributed by atoms with Gasteiger partial charge in [-0.15, -0.1) is 0 Å². The molecule has 0 aliphatic heterocycles. The summed E-state index contributed by atoms with van der Waals surface area (Å²) < 4.78 is 6.00. The Morgan fingerprint density at radius 3 is 2.79 bits per heavy atom. The van der Waals surface area contributed by atoms with E-state index in [9.17, 15) is 0 Å². The van der Waals surface area contributed by atoms with Gasteiger partial charge in [0.05, 0.1) is 6.21 Å². The third-order valence-electron chi connectivity index (χ3n) is 2.32. The van der Waals surface area contributed by atoms with Crippen molar-refractivity contribution in [2.45, 2.75) is 12.7 Å². The standard InChI is InChI=1S/C14H14N2OS2/c1-11-7-8-13(17-11)9-15-16-14(18)19-10-12-5-3-2-4-6-12/h2-9H,10H2,1H3,(H,16,18)/b15-9+. The van der Waals surface area contributed by atoms with Gasteiger partial charge in [-0.2, -0.15) is 5.10 Å². The van der Waals surface area contributed by atoms with Crippen LogP contribution < -0.4 is 5.43 Å². The minimum Gasteiger partial charge on any atom is -0.460 e. The molecule has 3 nitrogen and oxygen atoms in total. The van der Waals surface area contributed by atoms with Gasteiger partial charge in [-0.1, -0.05) is 54.3 Å². The van der Waals surface area contributed by atoms with E-state index < -0.39 is 0 Å². The third kappa shape index (κ3) is 4.89. The number of benzene rings is 1. The van der Waals surface area contributed by atoms with Gasteiger partial charge in [-0.05, 0) is 24.6 Å². The van der Waals surface area contributed by atoms with Crippen molar-refractivity contribution in [3.05, 3.63) is 59.5 Å². The fourth-order valence-electron chi connectivity index (χ4n) is 1.43. The van der Waals surface area contributed by atoms with Crippen LogP contribution in [0.1, 0.15) is 17.1 Å². The van der Waals surface area contributed by atoms with Crippen molar-refractivity contribution in [3.8, 4) is 0 Å². The maximum absolute atomic E-state index is 5.36. The number of hydrogen-bond donors (Lipinski definition) is 1. The number of hydrogen-bond acceptors (Lipinski definition) is 4. The Kier molecular flexibility index (Phi) is 5.18. The lowest BCUT2D eigenvalue weighted by atomic mass is 10.2. The SMILES string of the molecule is Cc1ccc(/C=N/NC(=S)SCc2ccccc2)o1. The maximum atomic E-state index is 5.36. The molecule has 1 aromatic carbocycles. The smallest absolute Gasteiger partial charge is 0.154 e. The molecule has 0 spiro atoms. The first-order valence-corrected chi connectivity index (χ1v) is 7.19. The molecule has 0 aliphatic carbocycles. The Labute approximate surface area is 122 Å². The summed E-state index contributed by atoms with van der Waals surface area (Å²) in [5.74, 6) is 2.41. The molecule has 98 valence electrons. The molecule has 2 rings (SSSR count). The number of hydrazone groups is 1. The highest BCUT2D eigenvalue weighted by molar-refractivity contribution is 8.22. The summed E-state index contributed by atoms with van der Waals surface area (Å²) in [6.45, 7) is 1.89. The van der Waals surface area contributed by atoms with Crippen LogP contribution in [0.5, 0.6) is 0 Å². The second-order valence-electron chi connectivity index (χ2n) is 3.88. The van der Waals surface area contributed by atoms with Gasteiger partial charge in [0.15, 0.2) is 4.32 Å². The highest BCUT2D eigenvalue weighted by atomic mass is 32.2. The van der Waals surface area contributed by atoms with Crippen LogP contribution in [-0.2, 0) is 5.75 Å². The van der Waals surface area contributed by atoms with E-state index in [-0.39, 0.29) is 0 Å². The molecule has 0 aliphatic rings. The van der Waals surface area contributed by atoms with Crippen LogP contribution in [0, 0.1) is 6.92 Å². The summed E-state index contributed by atoms with van der Waals surface area (Å²) in [6.07, 6.45) is 1.61. The molecule has 0 radical (unpaired) electrons. The van der Waals surface area contributed by atoms with E-state index in [1.54, 1.807) is 18.0 Å². The summed E-state index contributed by atoms with van der Waals surface area (Å²) in [4.78, 5) is 0. The Balaban J connectivity index is 1.74. The molecule has 0 saturated carbocycles. The largest absolute Gasteiger partial charge is 0.460 e. The molecule has 0 atom stereocenters. The van der Waals surface area contributed by atoms with Crippen molar-refractivity contribution in [2.75, 3.05) is 0 Å². The van der Waals surface area contributed by atoms with E-state index in [1.165, 1.54) is 5.56 Å². The number of thiocarbonyl (C=S) groups is 1. The number of rotatable bonds is 4. The molecule has 1 aromatic heterocycles. The monoisotopic (exact) mass is 290 g/mol. The van der Waals surface area contributed by atoms with Crippen LogP contribution in [0.2, 0.25) is 0 Å². The summed E-state index contributed by atoms with van der Waals surface area (Å²) in [5, 5.41) is 4.04. The number of aryl methyl sites for hydroxylation is 1.